The number of ether oxygens (including phenoxy) is 1. The van der Waals surface area contributed by atoms with E-state index in [2.05, 4.69) is 0 Å². The minimum atomic E-state index is 0.0729. The highest BCUT2D eigenvalue weighted by atomic mass is 16.5. The number of aliphatic hydroxyl groups excluding tert-OH is 1. The molecule has 20 heavy (non-hydrogen) atoms. The number of aliphatic hydroxyl groups is 1. The van der Waals surface area contributed by atoms with Crippen molar-refractivity contribution in [1.82, 2.24) is 4.90 Å². The second-order valence-corrected chi connectivity index (χ2v) is 5.34. The van der Waals surface area contributed by atoms with Crippen LogP contribution in [0.25, 0.3) is 0 Å². The number of hydrogen-bond donors (Lipinski definition) is 1. The van der Waals surface area contributed by atoms with Gasteiger partial charge in [-0.1, -0.05) is 6.07 Å². The van der Waals surface area contributed by atoms with Crippen molar-refractivity contribution in [3.8, 4) is 5.75 Å². The van der Waals surface area contributed by atoms with Crippen molar-refractivity contribution in [3.63, 3.8) is 0 Å². The smallest absolute Gasteiger partial charge is 0.254 e. The van der Waals surface area contributed by atoms with Crippen molar-refractivity contribution in [2.45, 2.75) is 38.6 Å². The van der Waals surface area contributed by atoms with Crippen LogP contribution in [-0.2, 0) is 0 Å². The number of carbonyl (C=O) groups is 1. The van der Waals surface area contributed by atoms with Crippen LogP contribution in [0.5, 0.6) is 5.75 Å². The molecule has 0 spiro atoms. The Bertz CT molecular complexity index is 473. The third-order valence-electron chi connectivity index (χ3n) is 3.99. The highest BCUT2D eigenvalue weighted by molar-refractivity contribution is 5.95. The van der Waals surface area contributed by atoms with E-state index in [-0.39, 0.29) is 18.6 Å². The lowest BCUT2D eigenvalue weighted by molar-refractivity contribution is 0.0724. The first-order valence-electron chi connectivity index (χ1n) is 7.24. The van der Waals surface area contributed by atoms with E-state index in [9.17, 15) is 4.79 Å². The topological polar surface area (TPSA) is 49.8 Å². The molecule has 1 heterocycles. The number of amides is 1. The van der Waals surface area contributed by atoms with Gasteiger partial charge in [0.1, 0.15) is 5.75 Å². The Morgan fingerprint density at radius 1 is 1.50 bits per heavy atom. The molecule has 4 nitrogen and oxygen atoms in total. The van der Waals surface area contributed by atoms with E-state index in [0.717, 1.165) is 43.5 Å². The molecule has 1 amide bonds. The summed E-state index contributed by atoms with van der Waals surface area (Å²) < 4.78 is 5.29. The normalized spacial score (nSPS) is 18.4. The summed E-state index contributed by atoms with van der Waals surface area (Å²) in [6.07, 6.45) is 3.72. The van der Waals surface area contributed by atoms with Crippen molar-refractivity contribution in [2.75, 3.05) is 20.3 Å². The summed E-state index contributed by atoms with van der Waals surface area (Å²) in [4.78, 5) is 14.6. The highest BCUT2D eigenvalue weighted by Gasteiger charge is 2.29. The van der Waals surface area contributed by atoms with E-state index >= 15 is 0 Å². The summed E-state index contributed by atoms with van der Waals surface area (Å²) in [5.74, 6) is 0.825. The number of likely N-dealkylation sites (tertiary alicyclic amines) is 1. The third kappa shape index (κ3) is 3.12. The van der Waals surface area contributed by atoms with E-state index in [1.807, 2.05) is 30.0 Å². The largest absolute Gasteiger partial charge is 0.496 e. The molecule has 1 aromatic rings. The Morgan fingerprint density at radius 3 is 3.00 bits per heavy atom. The monoisotopic (exact) mass is 277 g/mol. The molecule has 2 rings (SSSR count). The minimum absolute atomic E-state index is 0.0729. The van der Waals surface area contributed by atoms with Gasteiger partial charge in [0.15, 0.2) is 0 Å². The number of hydrogen-bond acceptors (Lipinski definition) is 3. The van der Waals surface area contributed by atoms with E-state index in [1.165, 1.54) is 0 Å². The molecule has 1 N–H and O–H groups in total. The molecule has 1 aliphatic rings. The van der Waals surface area contributed by atoms with E-state index < -0.39 is 0 Å². The van der Waals surface area contributed by atoms with Crippen LogP contribution in [-0.4, -0.2) is 42.2 Å². The van der Waals surface area contributed by atoms with Gasteiger partial charge < -0.3 is 14.7 Å². The fraction of sp³-hybridized carbons (Fsp3) is 0.562. The molecule has 0 saturated carbocycles. The lowest BCUT2D eigenvalue weighted by Gasteiger charge is -2.25. The van der Waals surface area contributed by atoms with Crippen LogP contribution in [0.15, 0.2) is 18.2 Å². The standard InChI is InChI=1S/C16H23NO3/c1-12-7-8-13(11-15(12)20-2)16(19)17-9-3-5-14(17)6-4-10-18/h7-8,11,14,18H,3-6,9-10H2,1-2H3. The van der Waals surface area contributed by atoms with Crippen LogP contribution < -0.4 is 4.74 Å². The average Bonchev–Trinajstić information content (AvgIpc) is 2.93. The Hall–Kier alpha value is -1.55. The SMILES string of the molecule is COc1cc(C(=O)N2CCCC2CCCO)ccc1C. The Balaban J connectivity index is 2.13. The van der Waals surface area contributed by atoms with E-state index in [1.54, 1.807) is 7.11 Å². The van der Waals surface area contributed by atoms with Gasteiger partial charge in [0.2, 0.25) is 0 Å². The van der Waals surface area contributed by atoms with Crippen LogP contribution >= 0.6 is 0 Å². The van der Waals surface area contributed by atoms with Crippen LogP contribution in [0.4, 0.5) is 0 Å². The van der Waals surface area contributed by atoms with Gasteiger partial charge in [-0.25, -0.2) is 0 Å². The van der Waals surface area contributed by atoms with Gasteiger partial charge in [0.05, 0.1) is 7.11 Å². The first-order valence-corrected chi connectivity index (χ1v) is 7.24. The minimum Gasteiger partial charge on any atom is -0.496 e. The summed E-state index contributed by atoms with van der Waals surface area (Å²) in [5, 5.41) is 8.95. The lowest BCUT2D eigenvalue weighted by Crippen LogP contribution is -2.35. The number of nitrogens with zero attached hydrogens (tertiary/aromatic N) is 1. The number of carbonyl (C=O) groups excluding carboxylic acids is 1. The van der Waals surface area contributed by atoms with Crippen molar-refractivity contribution in [3.05, 3.63) is 29.3 Å². The van der Waals surface area contributed by atoms with Gasteiger partial charge in [-0.3, -0.25) is 4.79 Å². The zero-order chi connectivity index (χ0) is 14.5. The molecule has 1 saturated heterocycles. The van der Waals surface area contributed by atoms with Crippen LogP contribution in [0, 0.1) is 6.92 Å². The molecule has 110 valence electrons. The first-order chi connectivity index (χ1) is 9.67. The zero-order valence-corrected chi connectivity index (χ0v) is 12.3. The molecule has 1 fully saturated rings. The van der Waals surface area contributed by atoms with E-state index in [0.29, 0.717) is 5.56 Å². The summed E-state index contributed by atoms with van der Waals surface area (Å²) in [6, 6.07) is 5.87. The van der Waals surface area contributed by atoms with Crippen LogP contribution in [0.3, 0.4) is 0 Å². The number of aryl methyl sites for hydroxylation is 1. The molecule has 0 aliphatic carbocycles. The van der Waals surface area contributed by atoms with Gasteiger partial charge in [-0.2, -0.15) is 0 Å². The van der Waals surface area contributed by atoms with Gasteiger partial charge >= 0.3 is 0 Å². The van der Waals surface area contributed by atoms with Crippen molar-refractivity contribution >= 4 is 5.91 Å². The average molecular weight is 277 g/mol. The lowest BCUT2D eigenvalue weighted by atomic mass is 10.1. The second-order valence-electron chi connectivity index (χ2n) is 5.34. The van der Waals surface area contributed by atoms with Crippen molar-refractivity contribution in [1.29, 1.82) is 0 Å². The first kappa shape index (κ1) is 14.9. The van der Waals surface area contributed by atoms with Gasteiger partial charge in [-0.05, 0) is 50.3 Å². The predicted octanol–water partition coefficient (Wildman–Crippen LogP) is 2.38. The Labute approximate surface area is 120 Å². The molecule has 1 atom stereocenters. The summed E-state index contributed by atoms with van der Waals surface area (Å²) in [7, 11) is 1.62. The fourth-order valence-corrected chi connectivity index (χ4v) is 2.85. The van der Waals surface area contributed by atoms with E-state index in [4.69, 9.17) is 9.84 Å². The second kappa shape index (κ2) is 6.75. The maximum absolute atomic E-state index is 12.6. The van der Waals surface area contributed by atoms with Crippen molar-refractivity contribution < 1.29 is 14.6 Å². The maximum atomic E-state index is 12.6. The van der Waals surface area contributed by atoms with Gasteiger partial charge in [0, 0.05) is 24.8 Å². The predicted molar refractivity (Wildman–Crippen MR) is 78.1 cm³/mol. The zero-order valence-electron chi connectivity index (χ0n) is 12.3. The molecule has 4 heteroatoms. The van der Waals surface area contributed by atoms with Gasteiger partial charge in [-0.15, -0.1) is 0 Å². The summed E-state index contributed by atoms with van der Waals surface area (Å²) in [6.45, 7) is 2.97. The summed E-state index contributed by atoms with van der Waals surface area (Å²) >= 11 is 0. The maximum Gasteiger partial charge on any atom is 0.254 e. The molecule has 1 unspecified atom stereocenters. The molecule has 0 bridgehead atoms. The number of benzene rings is 1. The Morgan fingerprint density at radius 2 is 2.30 bits per heavy atom. The molecular weight excluding hydrogens is 254 g/mol. The van der Waals surface area contributed by atoms with Crippen LogP contribution in [0.1, 0.15) is 41.6 Å². The molecule has 1 aliphatic heterocycles. The Kier molecular flexibility index (Phi) is 5.01. The van der Waals surface area contributed by atoms with Gasteiger partial charge in [0.25, 0.3) is 5.91 Å². The number of methoxy groups -OCH3 is 1. The fourth-order valence-electron chi connectivity index (χ4n) is 2.85. The quantitative estimate of drug-likeness (QED) is 0.899. The summed E-state index contributed by atoms with van der Waals surface area (Å²) in [5.41, 5.74) is 1.71. The van der Waals surface area contributed by atoms with Crippen LogP contribution in [0.2, 0.25) is 0 Å². The van der Waals surface area contributed by atoms with Crippen molar-refractivity contribution in [2.24, 2.45) is 0 Å². The molecule has 0 radical (unpaired) electrons. The number of rotatable bonds is 5. The highest BCUT2D eigenvalue weighted by Crippen LogP contribution is 2.26. The molecule has 1 aromatic carbocycles. The molecular formula is C16H23NO3. The molecule has 0 aromatic heterocycles. The third-order valence-corrected chi connectivity index (χ3v) is 3.99.